The van der Waals surface area contributed by atoms with Gasteiger partial charge < -0.3 is 19.1 Å². The maximum atomic E-state index is 15.0. The Balaban J connectivity index is 1.18. The zero-order chi connectivity index (χ0) is 48.5. The van der Waals surface area contributed by atoms with Crippen LogP contribution in [0.5, 0.6) is 0 Å². The van der Waals surface area contributed by atoms with E-state index in [1.807, 2.05) is 10.1 Å². The zero-order valence-corrected chi connectivity index (χ0v) is 42.8. The van der Waals surface area contributed by atoms with Crippen molar-refractivity contribution in [3.05, 3.63) is 144 Å². The number of benzene rings is 4. The number of hydroxylamine groups is 4. The van der Waals surface area contributed by atoms with Crippen LogP contribution in [0.25, 0.3) is 0 Å². The number of piperidine rings is 2. The van der Waals surface area contributed by atoms with E-state index in [9.17, 15) is 9.59 Å². The van der Waals surface area contributed by atoms with Crippen LogP contribution in [0.15, 0.2) is 121 Å². The SMILES string of the molecule is COC(C)C[C@]12CC[C@H](C)[C@@](Cc3ccccc3)([C@H](Cc3ccccc3)CN1OC(=O)C(=O)ON1C[C@@H](Cc3ccccc3)[C@]3(Cc4ccccc4)[C@@H](C)CC[C@]1(CC(C)OC)C3(C)C)C2(C)C. The number of ether oxygens (including phenoxy) is 2. The highest BCUT2D eigenvalue weighted by atomic mass is 16.8. The quantitative estimate of drug-likeness (QED) is 0.103. The molecular weight excluding hydrogens is 845 g/mol. The van der Waals surface area contributed by atoms with Crippen LogP contribution in [0.1, 0.15) is 116 Å². The van der Waals surface area contributed by atoms with E-state index in [4.69, 9.17) is 19.1 Å². The van der Waals surface area contributed by atoms with Crippen LogP contribution in [-0.4, -0.2) is 72.7 Å². The number of carbonyl (C=O) groups is 2. The van der Waals surface area contributed by atoms with Gasteiger partial charge in [0, 0.05) is 27.3 Å². The summed E-state index contributed by atoms with van der Waals surface area (Å²) < 4.78 is 12.1. The fourth-order valence-electron chi connectivity index (χ4n) is 15.7. The molecule has 4 bridgehead atoms. The van der Waals surface area contributed by atoms with Crippen LogP contribution in [0.2, 0.25) is 0 Å². The van der Waals surface area contributed by atoms with E-state index in [1.54, 1.807) is 14.2 Å². The van der Waals surface area contributed by atoms with Crippen LogP contribution in [0.4, 0.5) is 0 Å². The minimum absolute atomic E-state index is 0.0904. The average molecular weight is 925 g/mol. The van der Waals surface area contributed by atoms with E-state index in [0.29, 0.717) is 37.8 Å². The third kappa shape index (κ3) is 8.47. The van der Waals surface area contributed by atoms with Crippen molar-refractivity contribution in [3.63, 3.8) is 0 Å². The molecule has 4 aliphatic rings. The molecule has 4 aromatic carbocycles. The fraction of sp³-hybridized carbons (Fsp3) is 0.567. The molecule has 2 unspecified atom stereocenters. The first-order chi connectivity index (χ1) is 32.5. The van der Waals surface area contributed by atoms with Crippen molar-refractivity contribution in [2.24, 2.45) is 45.3 Å². The third-order valence-electron chi connectivity index (χ3n) is 19.5. The molecule has 8 nitrogen and oxygen atoms in total. The smallest absolute Gasteiger partial charge is 0.382 e. The minimum atomic E-state index is -0.976. The van der Waals surface area contributed by atoms with Crippen molar-refractivity contribution in [1.29, 1.82) is 0 Å². The van der Waals surface area contributed by atoms with Crippen molar-refractivity contribution >= 4 is 11.9 Å². The summed E-state index contributed by atoms with van der Waals surface area (Å²) in [5.41, 5.74) is 2.71. The highest BCUT2D eigenvalue weighted by Gasteiger charge is 2.72. The van der Waals surface area contributed by atoms with Crippen molar-refractivity contribution in [2.45, 2.75) is 143 Å². The molecule has 0 amide bonds. The molecule has 0 aromatic heterocycles. The summed E-state index contributed by atoms with van der Waals surface area (Å²) in [5.74, 6) is -1.01. The lowest BCUT2D eigenvalue weighted by Gasteiger charge is -2.72. The summed E-state index contributed by atoms with van der Waals surface area (Å²) in [7, 11) is 3.52. The Morgan fingerprint density at radius 2 is 0.838 bits per heavy atom. The van der Waals surface area contributed by atoms with Crippen molar-refractivity contribution in [1.82, 2.24) is 10.1 Å². The Morgan fingerprint density at radius 1 is 0.529 bits per heavy atom. The number of methoxy groups -OCH3 is 2. The summed E-state index contributed by atoms with van der Waals surface area (Å²) in [5, 5.41) is 3.90. The first-order valence-electron chi connectivity index (χ1n) is 25.7. The first-order valence-corrected chi connectivity index (χ1v) is 25.7. The normalized spacial score (nSPS) is 31.9. The largest absolute Gasteiger partial charge is 0.438 e. The second-order valence-corrected chi connectivity index (χ2v) is 22.8. The molecule has 2 heterocycles. The monoisotopic (exact) mass is 925 g/mol. The van der Waals surface area contributed by atoms with E-state index in [0.717, 1.165) is 51.4 Å². The molecule has 0 radical (unpaired) electrons. The fourth-order valence-corrected chi connectivity index (χ4v) is 15.7. The summed E-state index contributed by atoms with van der Waals surface area (Å²) in [6.07, 6.45) is 7.94. The highest BCUT2D eigenvalue weighted by molar-refractivity contribution is 6.29. The Kier molecular flexibility index (Phi) is 14.6. The van der Waals surface area contributed by atoms with Gasteiger partial charge >= 0.3 is 11.9 Å². The molecule has 2 saturated heterocycles. The molecule has 2 aliphatic heterocycles. The molecule has 68 heavy (non-hydrogen) atoms. The van der Waals surface area contributed by atoms with Gasteiger partial charge in [0.25, 0.3) is 0 Å². The maximum Gasteiger partial charge on any atom is 0.438 e. The van der Waals surface area contributed by atoms with E-state index in [-0.39, 0.29) is 34.9 Å². The zero-order valence-electron chi connectivity index (χ0n) is 42.8. The predicted molar refractivity (Wildman–Crippen MR) is 270 cm³/mol. The lowest BCUT2D eigenvalue weighted by molar-refractivity contribution is -0.339. The van der Waals surface area contributed by atoms with Gasteiger partial charge in [-0.25, -0.2) is 9.59 Å². The molecule has 2 saturated carbocycles. The first kappa shape index (κ1) is 50.1. The summed E-state index contributed by atoms with van der Waals surface area (Å²) in [6.45, 7) is 19.7. The standard InChI is InChI=1S/C60H80N2O6/c1-43-31-33-57(37-45(3)65-9)55(5,6)59(43,39-49-27-19-13-20-28-49)51(35-47-23-15-11-16-24-47)41-61(57)67-53(63)54(64)68-62-42-52(36-48-25-17-12-18-26-48)60(40-50-29-21-14-22-30-50)44(2)32-34-58(62,56(60,7)8)38-46(4)66-10/h11-30,43-46,51-52H,31-42H2,1-10H3/t43-,44-,45?,46?,51+,52+,57-,58-,59-,60-/m0/s1. The van der Waals surface area contributed by atoms with Crippen molar-refractivity contribution in [3.8, 4) is 0 Å². The van der Waals surface area contributed by atoms with Gasteiger partial charge in [0.15, 0.2) is 0 Å². The van der Waals surface area contributed by atoms with E-state index < -0.39 is 33.8 Å². The number of hydrogen-bond donors (Lipinski definition) is 0. The van der Waals surface area contributed by atoms with Gasteiger partial charge in [-0.15, -0.1) is 10.1 Å². The molecule has 8 heteroatoms. The van der Waals surface area contributed by atoms with E-state index in [2.05, 4.69) is 177 Å². The number of rotatable bonds is 16. The maximum absolute atomic E-state index is 15.0. The lowest BCUT2D eigenvalue weighted by Crippen LogP contribution is -2.77. The van der Waals surface area contributed by atoms with E-state index >= 15 is 0 Å². The van der Waals surface area contributed by atoms with Gasteiger partial charge in [-0.2, -0.15) is 0 Å². The van der Waals surface area contributed by atoms with Crippen molar-refractivity contribution in [2.75, 3.05) is 27.3 Å². The third-order valence-corrected chi connectivity index (χ3v) is 19.5. The van der Waals surface area contributed by atoms with Crippen LogP contribution in [-0.2, 0) is 54.4 Å². The molecule has 2 aliphatic carbocycles. The van der Waals surface area contributed by atoms with Gasteiger partial charge in [-0.3, -0.25) is 0 Å². The summed E-state index contributed by atoms with van der Waals surface area (Å²) in [6, 6.07) is 43.3. The van der Waals surface area contributed by atoms with Gasteiger partial charge in [0.1, 0.15) is 0 Å². The van der Waals surface area contributed by atoms with Gasteiger partial charge in [-0.05, 0) is 146 Å². The van der Waals surface area contributed by atoms with E-state index in [1.165, 1.54) is 22.3 Å². The number of nitrogens with zero attached hydrogens (tertiary/aromatic N) is 2. The molecule has 10 atom stereocenters. The number of hydrogen-bond acceptors (Lipinski definition) is 8. The molecule has 4 aromatic rings. The Hall–Kier alpha value is -4.34. The minimum Gasteiger partial charge on any atom is -0.382 e. The Bertz CT molecular complexity index is 2140. The number of fused-ring (bicyclic) bond motifs is 4. The molecule has 8 rings (SSSR count). The highest BCUT2D eigenvalue weighted by Crippen LogP contribution is 2.70. The molecule has 366 valence electrons. The van der Waals surface area contributed by atoms with Gasteiger partial charge in [0.05, 0.1) is 23.3 Å². The molecular formula is C60H80N2O6. The predicted octanol–water partition coefficient (Wildman–Crippen LogP) is 11.9. The van der Waals surface area contributed by atoms with Crippen LogP contribution >= 0.6 is 0 Å². The van der Waals surface area contributed by atoms with Crippen LogP contribution < -0.4 is 0 Å². The lowest BCUT2D eigenvalue weighted by atomic mass is 9.38. The second-order valence-electron chi connectivity index (χ2n) is 22.8. The van der Waals surface area contributed by atoms with Crippen molar-refractivity contribution < 1.29 is 28.7 Å². The topological polar surface area (TPSA) is 77.5 Å². The van der Waals surface area contributed by atoms with Crippen LogP contribution in [0, 0.1) is 45.3 Å². The Labute approximate surface area is 408 Å². The summed E-state index contributed by atoms with van der Waals surface area (Å²) >= 11 is 0. The molecule has 4 fully saturated rings. The molecule has 0 spiro atoms. The molecule has 0 N–H and O–H groups in total. The average Bonchev–Trinajstić information content (AvgIpc) is 3.33. The summed E-state index contributed by atoms with van der Waals surface area (Å²) in [4.78, 5) is 43.4. The van der Waals surface area contributed by atoms with Gasteiger partial charge in [-0.1, -0.05) is 163 Å². The second kappa shape index (κ2) is 19.8. The van der Waals surface area contributed by atoms with Gasteiger partial charge in [0.2, 0.25) is 0 Å². The van der Waals surface area contributed by atoms with Crippen LogP contribution in [0.3, 0.4) is 0 Å². The number of carbonyl (C=O) groups excluding carboxylic acids is 2. The Morgan fingerprint density at radius 3 is 1.15 bits per heavy atom.